The van der Waals surface area contributed by atoms with Gasteiger partial charge in [-0.2, -0.15) is 0 Å². The summed E-state index contributed by atoms with van der Waals surface area (Å²) in [6.45, 7) is 7.81. The number of hydrogen-bond acceptors (Lipinski definition) is 7. The molecule has 0 saturated carbocycles. The number of rotatable bonds is 6. The lowest BCUT2D eigenvalue weighted by atomic mass is 9.63. The quantitative estimate of drug-likeness (QED) is 0.304. The number of carbonyl (C=O) groups excluding carboxylic acids is 3. The van der Waals surface area contributed by atoms with Gasteiger partial charge >= 0.3 is 11.9 Å². The molecule has 1 aliphatic carbocycles. The van der Waals surface area contributed by atoms with E-state index >= 15 is 0 Å². The highest BCUT2D eigenvalue weighted by Crippen LogP contribution is 2.54. The number of anilines is 1. The fourth-order valence-corrected chi connectivity index (χ4v) is 5.91. The van der Waals surface area contributed by atoms with E-state index in [2.05, 4.69) is 5.32 Å². The van der Waals surface area contributed by atoms with E-state index in [9.17, 15) is 14.4 Å². The van der Waals surface area contributed by atoms with Gasteiger partial charge in [-0.15, -0.1) is 0 Å². The molecule has 0 fully saturated rings. The lowest BCUT2D eigenvalue weighted by Gasteiger charge is -2.44. The largest absolute Gasteiger partial charge is 0.490 e. The Balaban J connectivity index is 1.79. The van der Waals surface area contributed by atoms with E-state index in [1.54, 1.807) is 13.0 Å². The summed E-state index contributed by atoms with van der Waals surface area (Å²) in [5.41, 5.74) is 3.08. The third kappa shape index (κ3) is 4.56. The molecule has 39 heavy (non-hydrogen) atoms. The molecule has 0 aromatic heterocycles. The van der Waals surface area contributed by atoms with Crippen LogP contribution in [0.5, 0.6) is 11.5 Å². The Labute approximate surface area is 228 Å². The maximum Gasteiger partial charge on any atom is 0.315 e. The fraction of sp³-hybridized carbons (Fsp3) is 0.344. The highest BCUT2D eigenvalue weighted by atomic mass is 16.6. The third-order valence-corrected chi connectivity index (χ3v) is 7.64. The van der Waals surface area contributed by atoms with Crippen LogP contribution in [0, 0.1) is 11.3 Å². The maximum atomic E-state index is 13.9. The first-order chi connectivity index (χ1) is 18.7. The summed E-state index contributed by atoms with van der Waals surface area (Å²) in [6.07, 6.45) is 0.435. The Morgan fingerprint density at radius 3 is 2.51 bits per heavy atom. The van der Waals surface area contributed by atoms with Crippen LogP contribution in [0.4, 0.5) is 5.69 Å². The van der Waals surface area contributed by atoms with Crippen molar-refractivity contribution in [3.05, 3.63) is 77.0 Å². The molecule has 1 N–H and O–H groups in total. The van der Waals surface area contributed by atoms with E-state index in [1.807, 2.05) is 69.3 Å². The Morgan fingerprint density at radius 1 is 1.03 bits per heavy atom. The van der Waals surface area contributed by atoms with E-state index in [1.165, 1.54) is 7.11 Å². The van der Waals surface area contributed by atoms with E-state index < -0.39 is 17.3 Å². The third-order valence-electron chi connectivity index (χ3n) is 7.64. The van der Waals surface area contributed by atoms with Crippen LogP contribution in [0.1, 0.15) is 57.6 Å². The number of carbonyl (C=O) groups is 3. The number of fused-ring (bicyclic) bond motifs is 3. The van der Waals surface area contributed by atoms with Crippen LogP contribution in [0.15, 0.2) is 65.9 Å². The van der Waals surface area contributed by atoms with Gasteiger partial charge in [-0.3, -0.25) is 14.4 Å². The number of esters is 2. The lowest BCUT2D eigenvalue weighted by Crippen LogP contribution is -2.44. The van der Waals surface area contributed by atoms with Crippen molar-refractivity contribution >= 4 is 34.2 Å². The minimum absolute atomic E-state index is 0.0225. The first kappa shape index (κ1) is 26.5. The lowest BCUT2D eigenvalue weighted by molar-refractivity contribution is -0.148. The summed E-state index contributed by atoms with van der Waals surface area (Å²) in [6, 6.07) is 17.5. The number of allylic oxidation sites excluding steroid dienone is 1. The Kier molecular flexibility index (Phi) is 6.93. The number of Topliss-reactive ketones (excluding diaryl/α,β-unsaturated/α-hetero) is 1. The molecule has 7 nitrogen and oxygen atoms in total. The predicted octanol–water partition coefficient (Wildman–Crippen LogP) is 6.15. The van der Waals surface area contributed by atoms with Crippen LogP contribution < -0.4 is 14.8 Å². The SMILES string of the molecule is CCOc1cc(C2C3=C(Nc4ccc5ccccc5c42)C(C(=O)OC)C(C)(C)CC3=O)ccc1OC(=O)CC. The zero-order chi connectivity index (χ0) is 27.9. The maximum absolute atomic E-state index is 13.9. The van der Waals surface area contributed by atoms with E-state index in [0.29, 0.717) is 29.4 Å². The summed E-state index contributed by atoms with van der Waals surface area (Å²) >= 11 is 0. The summed E-state index contributed by atoms with van der Waals surface area (Å²) in [5, 5.41) is 5.53. The molecule has 0 amide bonds. The predicted molar refractivity (Wildman–Crippen MR) is 149 cm³/mol. The van der Waals surface area contributed by atoms with Gasteiger partial charge in [-0.25, -0.2) is 0 Å². The van der Waals surface area contributed by atoms with Crippen LogP contribution in [0.2, 0.25) is 0 Å². The summed E-state index contributed by atoms with van der Waals surface area (Å²) < 4.78 is 16.7. The van der Waals surface area contributed by atoms with Gasteiger partial charge < -0.3 is 19.5 Å². The molecule has 3 aromatic rings. The molecule has 202 valence electrons. The molecule has 0 spiro atoms. The van der Waals surface area contributed by atoms with Crippen molar-refractivity contribution in [2.24, 2.45) is 11.3 Å². The molecule has 5 rings (SSSR count). The average Bonchev–Trinajstić information content (AvgIpc) is 2.92. The zero-order valence-corrected chi connectivity index (χ0v) is 22.9. The molecule has 0 saturated heterocycles. The summed E-state index contributed by atoms with van der Waals surface area (Å²) in [4.78, 5) is 39.2. The molecule has 2 aliphatic rings. The van der Waals surface area contributed by atoms with Crippen molar-refractivity contribution < 1.29 is 28.6 Å². The zero-order valence-electron chi connectivity index (χ0n) is 22.9. The van der Waals surface area contributed by atoms with Gasteiger partial charge in [-0.1, -0.05) is 57.2 Å². The number of nitrogens with one attached hydrogen (secondary N) is 1. The molecular weight excluding hydrogens is 494 g/mol. The fourth-order valence-electron chi connectivity index (χ4n) is 5.91. The highest BCUT2D eigenvalue weighted by molar-refractivity contribution is 6.06. The van der Waals surface area contributed by atoms with Gasteiger partial charge in [-0.05, 0) is 52.4 Å². The van der Waals surface area contributed by atoms with Gasteiger partial charge in [0.1, 0.15) is 5.92 Å². The van der Waals surface area contributed by atoms with Crippen molar-refractivity contribution in [3.8, 4) is 11.5 Å². The van der Waals surface area contributed by atoms with E-state index in [-0.39, 0.29) is 30.6 Å². The molecule has 7 heteroatoms. The van der Waals surface area contributed by atoms with Crippen LogP contribution in [0.25, 0.3) is 10.8 Å². The first-order valence-corrected chi connectivity index (χ1v) is 13.3. The van der Waals surface area contributed by atoms with Gasteiger partial charge in [0.2, 0.25) is 0 Å². The Bertz CT molecular complexity index is 1520. The molecule has 2 unspecified atom stereocenters. The minimum Gasteiger partial charge on any atom is -0.490 e. The van der Waals surface area contributed by atoms with Crippen LogP contribution in [-0.2, 0) is 19.1 Å². The topological polar surface area (TPSA) is 90.9 Å². The monoisotopic (exact) mass is 527 g/mol. The van der Waals surface area contributed by atoms with Crippen molar-refractivity contribution in [1.82, 2.24) is 0 Å². The van der Waals surface area contributed by atoms with E-state index in [0.717, 1.165) is 27.6 Å². The van der Waals surface area contributed by atoms with Crippen LogP contribution >= 0.6 is 0 Å². The number of ketones is 1. The highest BCUT2D eigenvalue weighted by Gasteiger charge is 2.50. The summed E-state index contributed by atoms with van der Waals surface area (Å²) in [7, 11) is 1.38. The Hall–Kier alpha value is -4.13. The number of methoxy groups -OCH3 is 1. The molecule has 1 aliphatic heterocycles. The normalized spacial score (nSPS) is 19.6. The summed E-state index contributed by atoms with van der Waals surface area (Å²) in [5.74, 6) is -1.14. The van der Waals surface area contributed by atoms with Crippen molar-refractivity contribution in [2.45, 2.75) is 46.5 Å². The molecular formula is C32H33NO6. The van der Waals surface area contributed by atoms with Crippen LogP contribution in [0.3, 0.4) is 0 Å². The smallest absolute Gasteiger partial charge is 0.315 e. The van der Waals surface area contributed by atoms with Crippen molar-refractivity contribution in [1.29, 1.82) is 0 Å². The Morgan fingerprint density at radius 2 is 1.79 bits per heavy atom. The molecule has 0 bridgehead atoms. The molecule has 2 atom stereocenters. The van der Waals surface area contributed by atoms with E-state index in [4.69, 9.17) is 14.2 Å². The second-order valence-corrected chi connectivity index (χ2v) is 10.6. The number of benzene rings is 3. The molecule has 3 aromatic carbocycles. The van der Waals surface area contributed by atoms with Gasteiger partial charge in [0, 0.05) is 35.7 Å². The van der Waals surface area contributed by atoms with Crippen molar-refractivity contribution in [2.75, 3.05) is 19.0 Å². The minimum atomic E-state index is -0.645. The van der Waals surface area contributed by atoms with Crippen LogP contribution in [-0.4, -0.2) is 31.4 Å². The standard InChI is InChI=1S/C32H33NO6/c1-6-25(35)39-23-15-13-19(16-24(23)38-7-2)26-27-20-11-9-8-10-18(20)12-14-21(27)33-30-28(26)22(34)17-32(3,4)29(30)31(36)37-5/h8-16,26,29,33H,6-7,17H2,1-5H3. The molecule has 1 heterocycles. The first-order valence-electron chi connectivity index (χ1n) is 13.3. The van der Waals surface area contributed by atoms with Gasteiger partial charge in [0.15, 0.2) is 17.3 Å². The second kappa shape index (κ2) is 10.2. The average molecular weight is 528 g/mol. The van der Waals surface area contributed by atoms with Gasteiger partial charge in [0.25, 0.3) is 0 Å². The number of hydrogen-bond donors (Lipinski definition) is 1. The van der Waals surface area contributed by atoms with Crippen molar-refractivity contribution in [3.63, 3.8) is 0 Å². The van der Waals surface area contributed by atoms with Gasteiger partial charge in [0.05, 0.1) is 13.7 Å². The number of ether oxygens (including phenoxy) is 3. The molecule has 0 radical (unpaired) electrons. The second-order valence-electron chi connectivity index (χ2n) is 10.6.